The van der Waals surface area contributed by atoms with Crippen LogP contribution in [-0.4, -0.2) is 13.4 Å². The molecule has 2 aromatic rings. The van der Waals surface area contributed by atoms with Crippen LogP contribution in [0.5, 0.6) is 0 Å². The van der Waals surface area contributed by atoms with Crippen molar-refractivity contribution in [2.24, 2.45) is 5.73 Å². The number of nitrogens with one attached hydrogen (secondary N) is 1. The minimum atomic E-state index is -3.62. The Balaban J connectivity index is 2.27. The first-order chi connectivity index (χ1) is 9.42. The van der Waals surface area contributed by atoms with E-state index < -0.39 is 10.0 Å². The van der Waals surface area contributed by atoms with E-state index in [0.29, 0.717) is 6.54 Å². The first-order valence-corrected chi connectivity index (χ1v) is 7.66. The summed E-state index contributed by atoms with van der Waals surface area (Å²) in [7, 11) is -3.62. The predicted molar refractivity (Wildman–Crippen MR) is 78.9 cm³/mol. The molecule has 0 saturated heterocycles. The molecule has 2 rings (SSSR count). The molecule has 0 fully saturated rings. The van der Waals surface area contributed by atoms with Gasteiger partial charge in [0.25, 0.3) is 10.0 Å². The van der Waals surface area contributed by atoms with Crippen LogP contribution in [0.1, 0.15) is 16.7 Å². The number of sulfonamides is 1. The van der Waals surface area contributed by atoms with Crippen molar-refractivity contribution in [2.75, 3.05) is 4.72 Å². The number of nitrogens with zero attached hydrogens (tertiary/aromatic N) is 1. The molecule has 0 saturated carbocycles. The van der Waals surface area contributed by atoms with E-state index in [1.807, 2.05) is 13.8 Å². The fraction of sp³-hybridized carbons (Fsp3) is 0.214. The molecule has 0 spiro atoms. The fourth-order valence-electron chi connectivity index (χ4n) is 1.68. The summed E-state index contributed by atoms with van der Waals surface area (Å²) in [5, 5.41) is 0. The van der Waals surface area contributed by atoms with E-state index in [9.17, 15) is 8.42 Å². The lowest BCUT2D eigenvalue weighted by Gasteiger charge is -2.09. The zero-order valence-corrected chi connectivity index (χ0v) is 12.2. The number of nitrogens with two attached hydrogens (primary N) is 1. The van der Waals surface area contributed by atoms with Crippen molar-refractivity contribution in [2.45, 2.75) is 25.3 Å². The minimum Gasteiger partial charge on any atom is -0.326 e. The number of aryl methyl sites for hydroxylation is 2. The van der Waals surface area contributed by atoms with Crippen molar-refractivity contribution in [1.29, 1.82) is 0 Å². The Hall–Kier alpha value is -1.92. The summed E-state index contributed by atoms with van der Waals surface area (Å²) >= 11 is 0. The van der Waals surface area contributed by atoms with Gasteiger partial charge >= 0.3 is 0 Å². The first kappa shape index (κ1) is 14.5. The maximum absolute atomic E-state index is 12.2. The highest BCUT2D eigenvalue weighted by molar-refractivity contribution is 7.92. The van der Waals surface area contributed by atoms with Crippen molar-refractivity contribution < 1.29 is 8.42 Å². The zero-order chi connectivity index (χ0) is 14.8. The number of hydrogen-bond acceptors (Lipinski definition) is 4. The summed E-state index contributed by atoms with van der Waals surface area (Å²) in [6.07, 6.45) is 1.55. The van der Waals surface area contributed by atoms with Gasteiger partial charge in [0.05, 0.1) is 4.90 Å². The Morgan fingerprint density at radius 1 is 1.15 bits per heavy atom. The van der Waals surface area contributed by atoms with E-state index in [4.69, 9.17) is 5.73 Å². The standard InChI is InChI=1S/C14H17N3O2S/c1-10-3-5-13(7-11(10)2)20(18,19)17-14-6-4-12(8-15)9-16-14/h3-7,9H,8,15H2,1-2H3,(H,16,17). The largest absolute Gasteiger partial charge is 0.326 e. The molecule has 20 heavy (non-hydrogen) atoms. The van der Waals surface area contributed by atoms with Gasteiger partial charge in [0.15, 0.2) is 0 Å². The van der Waals surface area contributed by atoms with Crippen LogP contribution in [-0.2, 0) is 16.6 Å². The van der Waals surface area contributed by atoms with Crippen molar-refractivity contribution in [3.8, 4) is 0 Å². The van der Waals surface area contributed by atoms with Crippen LogP contribution in [0.15, 0.2) is 41.4 Å². The lowest BCUT2D eigenvalue weighted by Crippen LogP contribution is -2.14. The average molecular weight is 291 g/mol. The Labute approximate surface area is 118 Å². The van der Waals surface area contributed by atoms with E-state index in [0.717, 1.165) is 16.7 Å². The van der Waals surface area contributed by atoms with Gasteiger partial charge in [-0.2, -0.15) is 0 Å². The molecular weight excluding hydrogens is 274 g/mol. The number of anilines is 1. The van der Waals surface area contributed by atoms with E-state index in [1.165, 1.54) is 0 Å². The maximum Gasteiger partial charge on any atom is 0.263 e. The molecule has 1 aromatic heterocycles. The van der Waals surface area contributed by atoms with E-state index in [1.54, 1.807) is 36.5 Å². The molecule has 0 atom stereocenters. The third-order valence-corrected chi connectivity index (χ3v) is 4.44. The topological polar surface area (TPSA) is 85.1 Å². The molecule has 0 aliphatic heterocycles. The summed E-state index contributed by atoms with van der Waals surface area (Å²) in [6.45, 7) is 4.19. The second-order valence-corrected chi connectivity index (χ2v) is 6.29. The van der Waals surface area contributed by atoms with Gasteiger partial charge in [-0.05, 0) is 48.7 Å². The summed E-state index contributed by atoms with van der Waals surface area (Å²) in [6, 6.07) is 8.35. The lowest BCUT2D eigenvalue weighted by atomic mass is 10.1. The van der Waals surface area contributed by atoms with E-state index >= 15 is 0 Å². The van der Waals surface area contributed by atoms with Crippen LogP contribution >= 0.6 is 0 Å². The second-order valence-electron chi connectivity index (χ2n) is 4.61. The average Bonchev–Trinajstić information content (AvgIpc) is 2.42. The molecule has 0 amide bonds. The van der Waals surface area contributed by atoms with E-state index in [2.05, 4.69) is 9.71 Å². The third-order valence-electron chi connectivity index (χ3n) is 3.09. The van der Waals surface area contributed by atoms with Gasteiger partial charge in [-0.3, -0.25) is 4.72 Å². The van der Waals surface area contributed by atoms with Gasteiger partial charge in [0, 0.05) is 12.7 Å². The van der Waals surface area contributed by atoms with Gasteiger partial charge in [0.1, 0.15) is 5.82 Å². The normalized spacial score (nSPS) is 11.3. The van der Waals surface area contributed by atoms with Crippen LogP contribution in [0, 0.1) is 13.8 Å². The van der Waals surface area contributed by atoms with Crippen molar-refractivity contribution in [3.05, 3.63) is 53.2 Å². The lowest BCUT2D eigenvalue weighted by molar-refractivity contribution is 0.601. The van der Waals surface area contributed by atoms with Crippen LogP contribution in [0.25, 0.3) is 0 Å². The molecule has 3 N–H and O–H groups in total. The van der Waals surface area contributed by atoms with Gasteiger partial charge in [-0.15, -0.1) is 0 Å². The van der Waals surface area contributed by atoms with Gasteiger partial charge in [0.2, 0.25) is 0 Å². The van der Waals surface area contributed by atoms with Gasteiger partial charge < -0.3 is 5.73 Å². The molecule has 5 nitrogen and oxygen atoms in total. The number of pyridine rings is 1. The van der Waals surface area contributed by atoms with Gasteiger partial charge in [-0.1, -0.05) is 12.1 Å². The summed E-state index contributed by atoms with van der Waals surface area (Å²) in [4.78, 5) is 4.26. The van der Waals surface area contributed by atoms with Gasteiger partial charge in [-0.25, -0.2) is 13.4 Å². The predicted octanol–water partition coefficient (Wildman–Crippen LogP) is 1.96. The monoisotopic (exact) mass is 291 g/mol. The third kappa shape index (κ3) is 3.15. The molecule has 0 radical (unpaired) electrons. The van der Waals surface area contributed by atoms with Crippen LogP contribution in [0.4, 0.5) is 5.82 Å². The van der Waals surface area contributed by atoms with E-state index in [-0.39, 0.29) is 10.7 Å². The minimum absolute atomic E-state index is 0.227. The fourth-order valence-corrected chi connectivity index (χ4v) is 2.78. The molecule has 1 aromatic carbocycles. The van der Waals surface area contributed by atoms with Crippen LogP contribution in [0.3, 0.4) is 0 Å². The summed E-state index contributed by atoms with van der Waals surface area (Å²) < 4.78 is 26.9. The number of benzene rings is 1. The highest BCUT2D eigenvalue weighted by Crippen LogP contribution is 2.17. The first-order valence-electron chi connectivity index (χ1n) is 6.17. The number of aromatic nitrogens is 1. The zero-order valence-electron chi connectivity index (χ0n) is 11.4. The van der Waals surface area contributed by atoms with Crippen molar-refractivity contribution in [3.63, 3.8) is 0 Å². The Kier molecular flexibility index (Phi) is 4.06. The SMILES string of the molecule is Cc1ccc(S(=O)(=O)Nc2ccc(CN)cn2)cc1C. The Bertz CT molecular complexity index is 710. The number of hydrogen-bond donors (Lipinski definition) is 2. The van der Waals surface area contributed by atoms with Crippen LogP contribution in [0.2, 0.25) is 0 Å². The highest BCUT2D eigenvalue weighted by Gasteiger charge is 2.15. The molecule has 6 heteroatoms. The molecular formula is C14H17N3O2S. The van der Waals surface area contributed by atoms with Crippen LogP contribution < -0.4 is 10.5 Å². The van der Waals surface area contributed by atoms with Crippen molar-refractivity contribution in [1.82, 2.24) is 4.98 Å². The quantitative estimate of drug-likeness (QED) is 0.901. The molecule has 0 bridgehead atoms. The molecule has 0 unspecified atom stereocenters. The Morgan fingerprint density at radius 3 is 2.45 bits per heavy atom. The summed E-state index contributed by atoms with van der Waals surface area (Å²) in [5.41, 5.74) is 8.30. The molecule has 1 heterocycles. The maximum atomic E-state index is 12.2. The van der Waals surface area contributed by atoms with Crippen molar-refractivity contribution >= 4 is 15.8 Å². The summed E-state index contributed by atoms with van der Waals surface area (Å²) in [5.74, 6) is 0.278. The highest BCUT2D eigenvalue weighted by atomic mass is 32.2. The number of rotatable bonds is 4. The molecule has 0 aliphatic carbocycles. The Morgan fingerprint density at radius 2 is 1.90 bits per heavy atom. The smallest absolute Gasteiger partial charge is 0.263 e. The second kappa shape index (κ2) is 5.60. The molecule has 0 aliphatic rings. The molecule has 106 valence electrons.